The van der Waals surface area contributed by atoms with Gasteiger partial charge >= 0.3 is 6.61 Å². The number of amides is 1. The van der Waals surface area contributed by atoms with Gasteiger partial charge in [0.1, 0.15) is 5.75 Å². The van der Waals surface area contributed by atoms with Crippen LogP contribution in [0.3, 0.4) is 0 Å². The van der Waals surface area contributed by atoms with Gasteiger partial charge in [-0.1, -0.05) is 35.5 Å². The molecule has 28 heavy (non-hydrogen) atoms. The predicted molar refractivity (Wildman–Crippen MR) is 103 cm³/mol. The zero-order valence-electron chi connectivity index (χ0n) is 14.2. The number of nitrogens with one attached hydrogen (secondary N) is 1. The molecule has 3 rings (SSSR count). The first kappa shape index (κ1) is 19.9. The number of hydrogen-bond acceptors (Lipinski definition) is 6. The number of carbonyl (C=O) groups excluding carboxylic acids is 1. The number of benzene rings is 2. The Morgan fingerprint density at radius 2 is 1.93 bits per heavy atom. The van der Waals surface area contributed by atoms with E-state index >= 15 is 0 Å². The minimum Gasteiger partial charge on any atom is -0.435 e. The second-order valence-electron chi connectivity index (χ2n) is 5.40. The second-order valence-corrected chi connectivity index (χ2v) is 6.75. The maximum Gasteiger partial charge on any atom is 0.387 e. The first-order valence-electron chi connectivity index (χ1n) is 7.87. The van der Waals surface area contributed by atoms with Gasteiger partial charge in [0, 0.05) is 5.56 Å². The highest BCUT2D eigenvalue weighted by Gasteiger charge is 2.15. The van der Waals surface area contributed by atoms with Gasteiger partial charge in [0.05, 0.1) is 16.5 Å². The average molecular weight is 426 g/mol. The van der Waals surface area contributed by atoms with Crippen molar-refractivity contribution in [1.29, 1.82) is 0 Å². The van der Waals surface area contributed by atoms with Crippen LogP contribution in [0.1, 0.15) is 0 Å². The highest BCUT2D eigenvalue weighted by atomic mass is 35.5. The second kappa shape index (κ2) is 8.89. The fourth-order valence-electron chi connectivity index (χ4n) is 2.24. The van der Waals surface area contributed by atoms with Crippen LogP contribution in [0.5, 0.6) is 5.75 Å². The van der Waals surface area contributed by atoms with Gasteiger partial charge in [0.25, 0.3) is 0 Å². The molecule has 0 bridgehead atoms. The Morgan fingerprint density at radius 1 is 1.21 bits per heavy atom. The lowest BCUT2D eigenvalue weighted by atomic mass is 10.2. The minimum atomic E-state index is -2.90. The normalized spacial score (nSPS) is 10.9. The van der Waals surface area contributed by atoms with E-state index in [4.69, 9.17) is 17.4 Å². The molecule has 0 aliphatic rings. The third-order valence-corrected chi connectivity index (χ3v) is 4.76. The van der Waals surface area contributed by atoms with Crippen molar-refractivity contribution in [2.24, 2.45) is 0 Å². The number of nitrogen functional groups attached to an aromatic ring is 1. The summed E-state index contributed by atoms with van der Waals surface area (Å²) in [5.41, 5.74) is 1.07. The van der Waals surface area contributed by atoms with E-state index in [1.165, 1.54) is 28.9 Å². The molecule has 0 saturated heterocycles. The fourth-order valence-corrected chi connectivity index (χ4v) is 3.08. The van der Waals surface area contributed by atoms with E-state index < -0.39 is 6.61 Å². The van der Waals surface area contributed by atoms with Crippen LogP contribution in [0.15, 0.2) is 53.7 Å². The van der Waals surface area contributed by atoms with E-state index in [2.05, 4.69) is 20.3 Å². The molecule has 0 unspecified atom stereocenters. The Morgan fingerprint density at radius 3 is 2.61 bits per heavy atom. The molecule has 0 spiro atoms. The Labute approximate surface area is 167 Å². The molecule has 1 aromatic heterocycles. The van der Waals surface area contributed by atoms with E-state index in [1.807, 2.05) is 0 Å². The van der Waals surface area contributed by atoms with E-state index in [0.29, 0.717) is 27.3 Å². The number of halogens is 3. The lowest BCUT2D eigenvalue weighted by molar-refractivity contribution is -0.113. The van der Waals surface area contributed by atoms with Crippen LogP contribution in [-0.2, 0) is 4.79 Å². The molecule has 0 atom stereocenters. The zero-order chi connectivity index (χ0) is 20.1. The van der Waals surface area contributed by atoms with Crippen LogP contribution in [-0.4, -0.2) is 33.1 Å². The topological polar surface area (TPSA) is 95.1 Å². The number of para-hydroxylation sites is 1. The van der Waals surface area contributed by atoms with Gasteiger partial charge in [0.2, 0.25) is 11.1 Å². The summed E-state index contributed by atoms with van der Waals surface area (Å²) >= 11 is 7.09. The number of ether oxygens (including phenoxy) is 1. The number of aromatic nitrogens is 3. The molecular weight excluding hydrogens is 412 g/mol. The number of nitrogens with two attached hydrogens (primary N) is 1. The summed E-state index contributed by atoms with van der Waals surface area (Å²) in [5, 5.41) is 11.4. The lowest BCUT2D eigenvalue weighted by Gasteiger charge is -2.07. The Kier molecular flexibility index (Phi) is 6.32. The van der Waals surface area contributed by atoms with Gasteiger partial charge in [-0.15, -0.1) is 10.2 Å². The van der Waals surface area contributed by atoms with Gasteiger partial charge in [-0.25, -0.2) is 4.68 Å². The zero-order valence-corrected chi connectivity index (χ0v) is 15.8. The molecule has 1 heterocycles. The summed E-state index contributed by atoms with van der Waals surface area (Å²) in [6, 6.07) is 12.7. The van der Waals surface area contributed by atoms with Gasteiger partial charge in [0.15, 0.2) is 5.82 Å². The largest absolute Gasteiger partial charge is 0.435 e. The first-order valence-corrected chi connectivity index (χ1v) is 9.23. The molecule has 0 radical (unpaired) electrons. The Bertz CT molecular complexity index is 968. The third-order valence-electron chi connectivity index (χ3n) is 3.48. The number of thioether (sulfide) groups is 1. The van der Waals surface area contributed by atoms with E-state index in [-0.39, 0.29) is 17.4 Å². The fraction of sp³-hybridized carbons (Fsp3) is 0.118. The Balaban J connectivity index is 1.63. The molecule has 3 N–H and O–H groups in total. The standard InChI is InChI=1S/C17H14ClF2N5O2S/c18-12-3-1-2-4-13(12)22-14(26)9-28-17-24-23-15(25(17)21)10-5-7-11(8-6-10)27-16(19)20/h1-8,16H,9,21H2,(H,22,26). The van der Waals surface area contributed by atoms with Crippen LogP contribution >= 0.6 is 23.4 Å². The first-order chi connectivity index (χ1) is 13.4. The Hall–Kier alpha value is -2.85. The molecule has 1 amide bonds. The number of anilines is 1. The van der Waals surface area contributed by atoms with Crippen LogP contribution in [0.25, 0.3) is 11.4 Å². The van der Waals surface area contributed by atoms with Gasteiger partial charge in [-0.05, 0) is 36.4 Å². The lowest BCUT2D eigenvalue weighted by Crippen LogP contribution is -2.16. The smallest absolute Gasteiger partial charge is 0.387 e. The summed E-state index contributed by atoms with van der Waals surface area (Å²) in [6.07, 6.45) is 0. The van der Waals surface area contributed by atoms with Gasteiger partial charge < -0.3 is 15.9 Å². The van der Waals surface area contributed by atoms with Crippen LogP contribution in [0.4, 0.5) is 14.5 Å². The van der Waals surface area contributed by atoms with Crippen molar-refractivity contribution in [3.63, 3.8) is 0 Å². The quantitative estimate of drug-likeness (QED) is 0.443. The average Bonchev–Trinajstić information content (AvgIpc) is 3.03. The van der Waals surface area contributed by atoms with E-state index in [0.717, 1.165) is 11.8 Å². The molecule has 3 aromatic rings. The van der Waals surface area contributed by atoms with Crippen molar-refractivity contribution in [2.75, 3.05) is 16.9 Å². The number of carbonyl (C=O) groups is 1. The van der Waals surface area contributed by atoms with Crippen molar-refractivity contribution < 1.29 is 18.3 Å². The molecule has 11 heteroatoms. The summed E-state index contributed by atoms with van der Waals surface area (Å²) in [4.78, 5) is 12.1. The summed E-state index contributed by atoms with van der Waals surface area (Å²) in [7, 11) is 0. The number of nitrogens with zero attached hydrogens (tertiary/aromatic N) is 3. The van der Waals surface area contributed by atoms with E-state index in [9.17, 15) is 13.6 Å². The summed E-state index contributed by atoms with van der Waals surface area (Å²) in [5.74, 6) is 6.08. The molecule has 0 saturated carbocycles. The van der Waals surface area contributed by atoms with Gasteiger partial charge in [-0.2, -0.15) is 8.78 Å². The number of hydrogen-bond donors (Lipinski definition) is 2. The number of alkyl halides is 2. The predicted octanol–water partition coefficient (Wildman–Crippen LogP) is 3.64. The van der Waals surface area contributed by atoms with Crippen molar-refractivity contribution >= 4 is 35.0 Å². The summed E-state index contributed by atoms with van der Waals surface area (Å²) in [6.45, 7) is -2.90. The molecular formula is C17H14ClF2N5O2S. The van der Waals surface area contributed by atoms with Crippen LogP contribution in [0.2, 0.25) is 5.02 Å². The highest BCUT2D eigenvalue weighted by Crippen LogP contribution is 2.25. The third kappa shape index (κ3) is 4.90. The van der Waals surface area contributed by atoms with Crippen LogP contribution < -0.4 is 15.9 Å². The molecule has 146 valence electrons. The SMILES string of the molecule is Nn1c(SCC(=O)Nc2ccccc2Cl)nnc1-c1ccc(OC(F)F)cc1. The van der Waals surface area contributed by atoms with Gasteiger partial charge in [-0.3, -0.25) is 4.79 Å². The number of rotatable bonds is 7. The molecule has 0 aliphatic heterocycles. The molecule has 7 nitrogen and oxygen atoms in total. The molecule has 2 aromatic carbocycles. The van der Waals surface area contributed by atoms with Crippen LogP contribution in [0, 0.1) is 0 Å². The van der Waals surface area contributed by atoms with Crippen molar-refractivity contribution in [3.05, 3.63) is 53.6 Å². The maximum absolute atomic E-state index is 12.2. The van der Waals surface area contributed by atoms with Crippen molar-refractivity contribution in [1.82, 2.24) is 14.9 Å². The van der Waals surface area contributed by atoms with Crippen molar-refractivity contribution in [2.45, 2.75) is 11.8 Å². The minimum absolute atomic E-state index is 0.0210. The van der Waals surface area contributed by atoms with Crippen molar-refractivity contribution in [3.8, 4) is 17.1 Å². The van der Waals surface area contributed by atoms with E-state index in [1.54, 1.807) is 24.3 Å². The molecule has 0 aliphatic carbocycles. The maximum atomic E-state index is 12.2. The molecule has 0 fully saturated rings. The summed E-state index contributed by atoms with van der Waals surface area (Å²) < 4.78 is 29.9. The monoisotopic (exact) mass is 425 g/mol. The highest BCUT2D eigenvalue weighted by molar-refractivity contribution is 7.99.